The molecule has 1 aromatic heterocycles. The number of hydrogen-bond acceptors (Lipinski definition) is 2. The molecule has 0 fully saturated rings. The van der Waals surface area contributed by atoms with Gasteiger partial charge in [-0.05, 0) is 28.7 Å². The van der Waals surface area contributed by atoms with Crippen molar-refractivity contribution in [2.24, 2.45) is 0 Å². The second kappa shape index (κ2) is 6.00. The Morgan fingerprint density at radius 2 is 1.90 bits per heavy atom. The van der Waals surface area contributed by atoms with Crippen molar-refractivity contribution in [3.8, 4) is 0 Å². The average molecular weight is 282 g/mol. The first-order valence-corrected chi connectivity index (χ1v) is 7.08. The SMILES string of the molecule is C=C(NCc1cccc(=O)[nH]1)c1cccc(C(C)(C)C)c1. The molecule has 0 radical (unpaired) electrons. The highest BCUT2D eigenvalue weighted by atomic mass is 16.1. The molecule has 2 aromatic rings. The van der Waals surface area contributed by atoms with Gasteiger partial charge in [0.2, 0.25) is 5.56 Å². The van der Waals surface area contributed by atoms with Gasteiger partial charge in [0.15, 0.2) is 0 Å². The molecule has 2 N–H and O–H groups in total. The summed E-state index contributed by atoms with van der Waals surface area (Å²) in [5.74, 6) is 0. The molecule has 0 saturated heterocycles. The monoisotopic (exact) mass is 282 g/mol. The molecule has 21 heavy (non-hydrogen) atoms. The first-order valence-electron chi connectivity index (χ1n) is 7.08. The molecule has 0 amide bonds. The number of aromatic nitrogens is 1. The van der Waals surface area contributed by atoms with E-state index in [2.05, 4.69) is 49.8 Å². The largest absolute Gasteiger partial charge is 0.379 e. The van der Waals surface area contributed by atoms with Crippen LogP contribution >= 0.6 is 0 Å². The third-order valence-corrected chi connectivity index (χ3v) is 3.40. The van der Waals surface area contributed by atoms with Gasteiger partial charge in [0.1, 0.15) is 0 Å². The van der Waals surface area contributed by atoms with Crippen molar-refractivity contribution >= 4 is 5.70 Å². The van der Waals surface area contributed by atoms with Crippen molar-refractivity contribution in [3.05, 3.63) is 76.2 Å². The van der Waals surface area contributed by atoms with Crippen LogP contribution in [0.1, 0.15) is 37.6 Å². The van der Waals surface area contributed by atoms with Crippen LogP contribution in [0.2, 0.25) is 0 Å². The Bertz CT molecular complexity index is 693. The third-order valence-electron chi connectivity index (χ3n) is 3.40. The van der Waals surface area contributed by atoms with Crippen molar-refractivity contribution in [1.29, 1.82) is 0 Å². The summed E-state index contributed by atoms with van der Waals surface area (Å²) in [4.78, 5) is 14.0. The second-order valence-corrected chi connectivity index (χ2v) is 6.20. The predicted molar refractivity (Wildman–Crippen MR) is 88.1 cm³/mol. The Kier molecular flexibility index (Phi) is 4.32. The number of pyridine rings is 1. The minimum absolute atomic E-state index is 0.0883. The molecule has 110 valence electrons. The van der Waals surface area contributed by atoms with Crippen LogP contribution in [-0.4, -0.2) is 4.98 Å². The lowest BCUT2D eigenvalue weighted by Crippen LogP contribution is -2.16. The molecule has 0 saturated carbocycles. The van der Waals surface area contributed by atoms with Crippen LogP contribution < -0.4 is 10.9 Å². The molecule has 0 aliphatic carbocycles. The van der Waals surface area contributed by atoms with Crippen molar-refractivity contribution < 1.29 is 0 Å². The lowest BCUT2D eigenvalue weighted by Gasteiger charge is -2.20. The Labute approximate surface area is 125 Å². The molecule has 0 aliphatic rings. The van der Waals surface area contributed by atoms with Gasteiger partial charge >= 0.3 is 0 Å². The average Bonchev–Trinajstić information content (AvgIpc) is 2.44. The smallest absolute Gasteiger partial charge is 0.248 e. The first kappa shape index (κ1) is 15.1. The molecule has 1 aromatic carbocycles. The molecular weight excluding hydrogens is 260 g/mol. The fourth-order valence-corrected chi connectivity index (χ4v) is 2.07. The van der Waals surface area contributed by atoms with E-state index < -0.39 is 0 Å². The highest BCUT2D eigenvalue weighted by Crippen LogP contribution is 2.24. The quantitative estimate of drug-likeness (QED) is 0.902. The molecule has 2 rings (SSSR count). The van der Waals surface area contributed by atoms with E-state index in [1.165, 1.54) is 11.6 Å². The molecule has 0 bridgehead atoms. The topological polar surface area (TPSA) is 44.9 Å². The standard InChI is InChI=1S/C18H22N2O/c1-13(19-12-16-9-6-10-17(21)20-16)14-7-5-8-15(11-14)18(2,3)4/h5-11,19H,1,12H2,2-4H3,(H,20,21). The zero-order valence-electron chi connectivity index (χ0n) is 12.9. The predicted octanol–water partition coefficient (Wildman–Crippen LogP) is 3.43. The number of rotatable bonds is 4. The Morgan fingerprint density at radius 1 is 1.19 bits per heavy atom. The van der Waals surface area contributed by atoms with Gasteiger partial charge in [0.25, 0.3) is 0 Å². The third kappa shape index (κ3) is 4.09. The fraction of sp³-hybridized carbons (Fsp3) is 0.278. The number of H-pyrrole nitrogens is 1. The molecule has 3 heteroatoms. The summed E-state index contributed by atoms with van der Waals surface area (Å²) in [5, 5.41) is 3.26. The Morgan fingerprint density at radius 3 is 2.57 bits per heavy atom. The summed E-state index contributed by atoms with van der Waals surface area (Å²) in [6.45, 7) is 11.2. The molecule has 0 unspecified atom stereocenters. The van der Waals surface area contributed by atoms with E-state index in [0.29, 0.717) is 6.54 Å². The summed E-state index contributed by atoms with van der Waals surface area (Å²) in [6.07, 6.45) is 0. The van der Waals surface area contributed by atoms with Gasteiger partial charge in [-0.3, -0.25) is 4.79 Å². The van der Waals surface area contributed by atoms with E-state index in [0.717, 1.165) is 17.0 Å². The molecule has 3 nitrogen and oxygen atoms in total. The van der Waals surface area contributed by atoms with Crippen molar-refractivity contribution in [3.63, 3.8) is 0 Å². The van der Waals surface area contributed by atoms with Crippen LogP contribution in [0.3, 0.4) is 0 Å². The second-order valence-electron chi connectivity index (χ2n) is 6.20. The first-order chi connectivity index (χ1) is 9.86. The summed E-state index contributed by atoms with van der Waals surface area (Å²) in [5.41, 5.74) is 4.06. The highest BCUT2D eigenvalue weighted by molar-refractivity contribution is 5.62. The minimum atomic E-state index is -0.0883. The van der Waals surface area contributed by atoms with Crippen LogP contribution in [-0.2, 0) is 12.0 Å². The number of benzene rings is 1. The van der Waals surface area contributed by atoms with E-state index in [4.69, 9.17) is 0 Å². The number of aromatic amines is 1. The molecule has 0 spiro atoms. The normalized spacial score (nSPS) is 11.2. The van der Waals surface area contributed by atoms with Gasteiger partial charge in [-0.25, -0.2) is 0 Å². The van der Waals surface area contributed by atoms with Gasteiger partial charge in [0.05, 0.1) is 6.54 Å². The highest BCUT2D eigenvalue weighted by Gasteiger charge is 2.14. The van der Waals surface area contributed by atoms with Crippen LogP contribution in [0.5, 0.6) is 0 Å². The molecular formula is C18H22N2O. The Balaban J connectivity index is 2.09. The lowest BCUT2D eigenvalue weighted by molar-refractivity contribution is 0.590. The van der Waals surface area contributed by atoms with Crippen molar-refractivity contribution in [2.45, 2.75) is 32.7 Å². The van der Waals surface area contributed by atoms with Gasteiger partial charge in [0, 0.05) is 17.5 Å². The van der Waals surface area contributed by atoms with E-state index in [1.807, 2.05) is 18.2 Å². The van der Waals surface area contributed by atoms with E-state index in [9.17, 15) is 4.79 Å². The molecule has 0 atom stereocenters. The maximum Gasteiger partial charge on any atom is 0.248 e. The van der Waals surface area contributed by atoms with Gasteiger partial charge < -0.3 is 10.3 Å². The maximum absolute atomic E-state index is 11.3. The number of nitrogens with one attached hydrogen (secondary N) is 2. The minimum Gasteiger partial charge on any atom is -0.379 e. The van der Waals surface area contributed by atoms with E-state index in [-0.39, 0.29) is 11.0 Å². The van der Waals surface area contributed by atoms with Crippen molar-refractivity contribution in [2.75, 3.05) is 0 Å². The maximum atomic E-state index is 11.3. The number of hydrogen-bond donors (Lipinski definition) is 2. The molecule has 0 aliphatic heterocycles. The summed E-state index contributed by atoms with van der Waals surface area (Å²) in [7, 11) is 0. The van der Waals surface area contributed by atoms with Crippen molar-refractivity contribution in [1.82, 2.24) is 10.3 Å². The molecule has 1 heterocycles. The Hall–Kier alpha value is -2.29. The summed E-state index contributed by atoms with van der Waals surface area (Å²) in [6, 6.07) is 13.5. The van der Waals surface area contributed by atoms with E-state index >= 15 is 0 Å². The van der Waals surface area contributed by atoms with Crippen LogP contribution in [0.4, 0.5) is 0 Å². The van der Waals surface area contributed by atoms with Gasteiger partial charge in [-0.1, -0.05) is 51.6 Å². The lowest BCUT2D eigenvalue weighted by atomic mass is 9.86. The summed E-state index contributed by atoms with van der Waals surface area (Å²) < 4.78 is 0. The zero-order valence-corrected chi connectivity index (χ0v) is 12.9. The zero-order chi connectivity index (χ0) is 15.5. The van der Waals surface area contributed by atoms with Gasteiger partial charge in [-0.15, -0.1) is 0 Å². The van der Waals surface area contributed by atoms with E-state index in [1.54, 1.807) is 6.07 Å². The van der Waals surface area contributed by atoms with Crippen LogP contribution in [0.15, 0.2) is 53.8 Å². The fourth-order valence-electron chi connectivity index (χ4n) is 2.07. The van der Waals surface area contributed by atoms with Gasteiger partial charge in [-0.2, -0.15) is 0 Å². The summed E-state index contributed by atoms with van der Waals surface area (Å²) >= 11 is 0. The van der Waals surface area contributed by atoms with Crippen LogP contribution in [0.25, 0.3) is 5.70 Å². The van der Waals surface area contributed by atoms with Crippen LogP contribution in [0, 0.1) is 0 Å².